The van der Waals surface area contributed by atoms with Gasteiger partial charge in [-0.1, -0.05) is 23.2 Å². The second-order valence-corrected chi connectivity index (χ2v) is 10.3. The molecule has 38 heavy (non-hydrogen) atoms. The number of ether oxygens (including phenoxy) is 1. The predicted octanol–water partition coefficient (Wildman–Crippen LogP) is 4.78. The number of ketones is 1. The van der Waals surface area contributed by atoms with Gasteiger partial charge >= 0.3 is 12.1 Å². The van der Waals surface area contributed by atoms with Gasteiger partial charge in [0.2, 0.25) is 0 Å². The lowest BCUT2D eigenvalue weighted by molar-refractivity contribution is -0.147. The van der Waals surface area contributed by atoms with Crippen LogP contribution in [-0.4, -0.2) is 68.7 Å². The minimum absolute atomic E-state index is 0.0168. The molecule has 4 rings (SSSR count). The van der Waals surface area contributed by atoms with Gasteiger partial charge < -0.3 is 14.7 Å². The van der Waals surface area contributed by atoms with Crippen LogP contribution in [0.1, 0.15) is 64.6 Å². The zero-order chi connectivity index (χ0) is 27.6. The van der Waals surface area contributed by atoms with Crippen LogP contribution in [-0.2, 0) is 15.7 Å². The van der Waals surface area contributed by atoms with Crippen LogP contribution in [0, 0.1) is 11.8 Å². The molecule has 0 spiro atoms. The molecule has 0 radical (unpaired) electrons. The van der Waals surface area contributed by atoms with Crippen molar-refractivity contribution in [2.45, 2.75) is 44.3 Å². The van der Waals surface area contributed by atoms with Crippen LogP contribution >= 0.6 is 23.2 Å². The minimum atomic E-state index is -4.92. The number of Topliss-reactive ketones (excluding diaryl/α,β-unsaturated/α-hetero) is 1. The molecular weight excluding hydrogens is 552 g/mol. The van der Waals surface area contributed by atoms with Gasteiger partial charge in [-0.2, -0.15) is 18.3 Å². The van der Waals surface area contributed by atoms with Crippen molar-refractivity contribution >= 4 is 40.9 Å². The van der Waals surface area contributed by atoms with Gasteiger partial charge in [-0.15, -0.1) is 0 Å². The van der Waals surface area contributed by atoms with Gasteiger partial charge in [-0.25, -0.2) is 0 Å². The van der Waals surface area contributed by atoms with Crippen LogP contribution in [0.5, 0.6) is 0 Å². The predicted molar refractivity (Wildman–Crippen MR) is 129 cm³/mol. The van der Waals surface area contributed by atoms with E-state index in [0.717, 1.165) is 15.8 Å². The Kier molecular flexibility index (Phi) is 8.63. The van der Waals surface area contributed by atoms with Crippen molar-refractivity contribution < 1.29 is 37.4 Å². The van der Waals surface area contributed by atoms with E-state index in [-0.39, 0.29) is 53.8 Å². The first-order chi connectivity index (χ1) is 18.0. The minimum Gasteiger partial charge on any atom is -0.481 e. The van der Waals surface area contributed by atoms with Gasteiger partial charge in [0.25, 0.3) is 5.91 Å². The number of aromatic nitrogens is 3. The third kappa shape index (κ3) is 6.13. The van der Waals surface area contributed by atoms with E-state index >= 15 is 0 Å². The van der Waals surface area contributed by atoms with Crippen LogP contribution in [0.25, 0.3) is 0 Å². The highest BCUT2D eigenvalue weighted by Gasteiger charge is 2.43. The SMILES string of the molecule is O=C(CN(CC1CCOC1)C(=O)c1cnn(C2CCC(C(=O)O)CC2)c1C(F)(F)F)c1c(Cl)cncc1Cl. The Hall–Kier alpha value is -2.70. The number of rotatable bonds is 8. The van der Waals surface area contributed by atoms with Crippen LogP contribution in [0.15, 0.2) is 18.6 Å². The topological polar surface area (TPSA) is 115 Å². The molecule has 2 aromatic rings. The van der Waals surface area contributed by atoms with Gasteiger partial charge in [-0.05, 0) is 32.1 Å². The Morgan fingerprint density at radius 2 is 1.74 bits per heavy atom. The molecule has 1 aliphatic heterocycles. The summed E-state index contributed by atoms with van der Waals surface area (Å²) in [6.45, 7) is 0.155. The van der Waals surface area contributed by atoms with Crippen molar-refractivity contribution in [2.75, 3.05) is 26.3 Å². The second-order valence-electron chi connectivity index (χ2n) is 9.51. The Balaban J connectivity index is 1.65. The standard InChI is InChI=1S/C24H25Cl2F3N4O5/c25-17-8-30-9-18(26)20(17)19(34)11-32(10-13-5-6-38-12-13)22(35)16-7-31-33(21(16)24(27,28)29)15-3-1-14(2-4-15)23(36)37/h7-9,13-15H,1-6,10-12H2,(H,36,37). The number of carboxylic acid groups (broad SMARTS) is 1. The lowest BCUT2D eigenvalue weighted by Crippen LogP contribution is -2.40. The number of aliphatic carboxylic acids is 1. The summed E-state index contributed by atoms with van der Waals surface area (Å²) in [5.41, 5.74) is -1.98. The van der Waals surface area contributed by atoms with Crippen molar-refractivity contribution in [3.63, 3.8) is 0 Å². The lowest BCUT2D eigenvalue weighted by atomic mass is 9.86. The maximum absolute atomic E-state index is 14.3. The number of halogens is 5. The smallest absolute Gasteiger partial charge is 0.433 e. The third-order valence-corrected chi connectivity index (χ3v) is 7.52. The van der Waals surface area contributed by atoms with Gasteiger partial charge in [0, 0.05) is 31.5 Å². The average Bonchev–Trinajstić information content (AvgIpc) is 3.53. The molecule has 0 aromatic carbocycles. The zero-order valence-electron chi connectivity index (χ0n) is 20.1. The number of alkyl halides is 3. The van der Waals surface area contributed by atoms with Crippen LogP contribution in [0.3, 0.4) is 0 Å². The van der Waals surface area contributed by atoms with Gasteiger partial charge in [-0.3, -0.25) is 24.0 Å². The molecule has 14 heteroatoms. The normalized spacial score (nSPS) is 21.9. The molecule has 0 bridgehead atoms. The molecule has 1 atom stereocenters. The maximum Gasteiger partial charge on any atom is 0.433 e. The highest BCUT2D eigenvalue weighted by Crippen LogP contribution is 2.39. The van der Waals surface area contributed by atoms with E-state index in [2.05, 4.69) is 10.1 Å². The number of hydrogen-bond acceptors (Lipinski definition) is 6. The summed E-state index contributed by atoms with van der Waals surface area (Å²) in [5.74, 6) is -3.45. The number of carbonyl (C=O) groups is 3. The van der Waals surface area contributed by atoms with Crippen molar-refractivity contribution in [1.82, 2.24) is 19.7 Å². The highest BCUT2D eigenvalue weighted by atomic mass is 35.5. The summed E-state index contributed by atoms with van der Waals surface area (Å²) in [7, 11) is 0. The summed E-state index contributed by atoms with van der Waals surface area (Å²) in [6.07, 6.45) is -0.297. The summed E-state index contributed by atoms with van der Waals surface area (Å²) in [5, 5.41) is 13.0. The van der Waals surface area contributed by atoms with E-state index in [1.165, 1.54) is 12.4 Å². The first-order valence-electron chi connectivity index (χ1n) is 12.0. The van der Waals surface area contributed by atoms with Gasteiger partial charge in [0.1, 0.15) is 0 Å². The molecule has 1 amide bonds. The fourth-order valence-electron chi connectivity index (χ4n) is 5.00. The quantitative estimate of drug-likeness (QED) is 0.449. The average molecular weight is 577 g/mol. The Bertz CT molecular complexity index is 1190. The van der Waals surface area contributed by atoms with Crippen LogP contribution < -0.4 is 0 Å². The van der Waals surface area contributed by atoms with Crippen molar-refractivity contribution in [2.24, 2.45) is 11.8 Å². The van der Waals surface area contributed by atoms with Gasteiger partial charge in [0.15, 0.2) is 11.5 Å². The van der Waals surface area contributed by atoms with E-state index in [0.29, 0.717) is 19.6 Å². The van der Waals surface area contributed by atoms with Crippen LogP contribution in [0.4, 0.5) is 13.2 Å². The fourth-order valence-corrected chi connectivity index (χ4v) is 5.58. The molecule has 1 N–H and O–H groups in total. The van der Waals surface area contributed by atoms with Crippen molar-refractivity contribution in [3.8, 4) is 0 Å². The number of carbonyl (C=O) groups excluding carboxylic acids is 2. The van der Waals surface area contributed by atoms with E-state index < -0.39 is 53.6 Å². The first kappa shape index (κ1) is 28.3. The summed E-state index contributed by atoms with van der Waals surface area (Å²) in [6, 6.07) is -0.712. The molecule has 1 unspecified atom stereocenters. The molecule has 2 fully saturated rings. The molecule has 1 saturated heterocycles. The number of amides is 1. The molecule has 1 aliphatic carbocycles. The van der Waals surface area contributed by atoms with E-state index in [1.54, 1.807) is 0 Å². The first-order valence-corrected chi connectivity index (χ1v) is 12.8. The Morgan fingerprint density at radius 3 is 2.29 bits per heavy atom. The Morgan fingerprint density at radius 1 is 1.08 bits per heavy atom. The third-order valence-electron chi connectivity index (χ3n) is 6.94. The highest BCUT2D eigenvalue weighted by molar-refractivity contribution is 6.39. The summed E-state index contributed by atoms with van der Waals surface area (Å²) in [4.78, 5) is 42.8. The van der Waals surface area contributed by atoms with Crippen LogP contribution in [0.2, 0.25) is 10.0 Å². The molecule has 3 heterocycles. The maximum atomic E-state index is 14.3. The molecular formula is C24H25Cl2F3N4O5. The van der Waals surface area contributed by atoms with E-state index in [4.69, 9.17) is 27.9 Å². The van der Waals surface area contributed by atoms with Gasteiger partial charge in [0.05, 0.1) is 52.5 Å². The number of hydrogen-bond donors (Lipinski definition) is 1. The lowest BCUT2D eigenvalue weighted by Gasteiger charge is -2.29. The molecule has 9 nitrogen and oxygen atoms in total. The number of carboxylic acids is 1. The van der Waals surface area contributed by atoms with E-state index in [1.807, 2.05) is 0 Å². The fraction of sp³-hybridized carbons (Fsp3) is 0.542. The number of nitrogens with zero attached hydrogens (tertiary/aromatic N) is 4. The zero-order valence-corrected chi connectivity index (χ0v) is 21.6. The second kappa shape index (κ2) is 11.6. The van der Waals surface area contributed by atoms with Crippen molar-refractivity contribution in [3.05, 3.63) is 45.5 Å². The summed E-state index contributed by atoms with van der Waals surface area (Å²) >= 11 is 12.2. The largest absolute Gasteiger partial charge is 0.481 e. The summed E-state index contributed by atoms with van der Waals surface area (Å²) < 4.78 is 49.1. The molecule has 1 saturated carbocycles. The molecule has 2 aliphatic rings. The number of pyridine rings is 1. The van der Waals surface area contributed by atoms with E-state index in [9.17, 15) is 32.7 Å². The molecule has 2 aromatic heterocycles. The Labute approximate surface area is 225 Å². The monoisotopic (exact) mass is 576 g/mol. The van der Waals surface area contributed by atoms with Crippen molar-refractivity contribution in [1.29, 1.82) is 0 Å². The molecule has 206 valence electrons.